The number of carbonyl (C=O) groups excluding carboxylic acids is 1. The van der Waals surface area contributed by atoms with E-state index in [0.29, 0.717) is 12.1 Å². The normalized spacial score (nSPS) is 12.3. The predicted octanol–water partition coefficient (Wildman–Crippen LogP) is 3.74. The van der Waals surface area contributed by atoms with E-state index < -0.39 is 10.0 Å². The quantitative estimate of drug-likeness (QED) is 0.673. The molecule has 1 N–H and O–H groups in total. The van der Waals surface area contributed by atoms with Gasteiger partial charge in [-0.25, -0.2) is 8.42 Å². The number of aryl methyl sites for hydroxylation is 1. The number of sulfonamides is 1. The molecule has 2 aromatic rings. The predicted molar refractivity (Wildman–Crippen MR) is 117 cm³/mol. The summed E-state index contributed by atoms with van der Waals surface area (Å²) in [5, 5.41) is 2.96. The van der Waals surface area contributed by atoms with Crippen LogP contribution in [-0.4, -0.2) is 34.2 Å². The maximum atomic E-state index is 12.3. The third-order valence-electron chi connectivity index (χ3n) is 5.00. The van der Waals surface area contributed by atoms with Crippen molar-refractivity contribution in [3.05, 3.63) is 59.2 Å². The number of hydrogen-bond acceptors (Lipinski definition) is 4. The number of ether oxygens (including phenoxy) is 1. The van der Waals surface area contributed by atoms with Gasteiger partial charge in [-0.2, -0.15) is 0 Å². The fourth-order valence-electron chi connectivity index (χ4n) is 3.14. The monoisotopic (exact) mass is 418 g/mol. The molecule has 6 nitrogen and oxygen atoms in total. The van der Waals surface area contributed by atoms with E-state index in [1.807, 2.05) is 57.2 Å². The first-order valence-corrected chi connectivity index (χ1v) is 11.5. The average molecular weight is 419 g/mol. The van der Waals surface area contributed by atoms with Crippen LogP contribution < -0.4 is 14.4 Å². The number of carbonyl (C=O) groups is 1. The van der Waals surface area contributed by atoms with Crippen LogP contribution in [0.2, 0.25) is 0 Å². The first-order chi connectivity index (χ1) is 13.6. The van der Waals surface area contributed by atoms with Gasteiger partial charge in [0.05, 0.1) is 25.1 Å². The Kier molecular flexibility index (Phi) is 7.67. The number of hydrogen-bond donors (Lipinski definition) is 1. The van der Waals surface area contributed by atoms with E-state index in [9.17, 15) is 13.2 Å². The molecule has 0 spiro atoms. The summed E-state index contributed by atoms with van der Waals surface area (Å²) >= 11 is 0. The second-order valence-electron chi connectivity index (χ2n) is 7.22. The third-order valence-corrected chi connectivity index (χ3v) is 6.18. The van der Waals surface area contributed by atoms with Crippen molar-refractivity contribution < 1.29 is 17.9 Å². The van der Waals surface area contributed by atoms with E-state index in [4.69, 9.17) is 4.74 Å². The fraction of sp³-hybridized carbons (Fsp3) is 0.409. The molecule has 0 radical (unpaired) electrons. The van der Waals surface area contributed by atoms with Crippen LogP contribution >= 0.6 is 0 Å². The van der Waals surface area contributed by atoms with Crippen molar-refractivity contribution in [3.63, 3.8) is 0 Å². The van der Waals surface area contributed by atoms with Crippen molar-refractivity contribution >= 4 is 21.6 Å². The van der Waals surface area contributed by atoms with Gasteiger partial charge in [0.1, 0.15) is 5.75 Å². The molecule has 1 unspecified atom stereocenters. The summed E-state index contributed by atoms with van der Waals surface area (Å²) in [7, 11) is -1.83. The lowest BCUT2D eigenvalue weighted by Crippen LogP contribution is -2.33. The lowest BCUT2D eigenvalue weighted by molar-refractivity contribution is -0.121. The molecule has 0 aromatic heterocycles. The van der Waals surface area contributed by atoms with Crippen molar-refractivity contribution in [2.75, 3.05) is 24.2 Å². The topological polar surface area (TPSA) is 75.7 Å². The number of rotatable bonds is 9. The van der Waals surface area contributed by atoms with Gasteiger partial charge in [0, 0.05) is 13.0 Å². The number of amides is 1. The van der Waals surface area contributed by atoms with Crippen LogP contribution in [-0.2, 0) is 14.8 Å². The molecule has 1 amide bonds. The zero-order valence-electron chi connectivity index (χ0n) is 17.7. The van der Waals surface area contributed by atoms with Gasteiger partial charge in [0.15, 0.2) is 0 Å². The number of benzene rings is 2. The number of nitrogens with zero attached hydrogens (tertiary/aromatic N) is 1. The van der Waals surface area contributed by atoms with E-state index in [1.54, 1.807) is 13.2 Å². The molecule has 0 saturated heterocycles. The number of anilines is 1. The molecule has 0 heterocycles. The molecule has 1 atom stereocenters. The van der Waals surface area contributed by atoms with Gasteiger partial charge in [-0.05, 0) is 62.1 Å². The lowest BCUT2D eigenvalue weighted by Gasteiger charge is -2.25. The van der Waals surface area contributed by atoms with Gasteiger partial charge in [0.25, 0.3) is 0 Å². The zero-order chi connectivity index (χ0) is 21.6. The highest BCUT2D eigenvalue weighted by atomic mass is 32.2. The van der Waals surface area contributed by atoms with Crippen molar-refractivity contribution in [3.8, 4) is 5.75 Å². The minimum atomic E-state index is -3.44. The Morgan fingerprint density at radius 2 is 1.79 bits per heavy atom. The van der Waals surface area contributed by atoms with Crippen LogP contribution in [0.4, 0.5) is 5.69 Å². The molecule has 0 aliphatic heterocycles. The summed E-state index contributed by atoms with van der Waals surface area (Å²) in [5.74, 6) is 0.655. The van der Waals surface area contributed by atoms with Crippen molar-refractivity contribution in [2.24, 2.45) is 0 Å². The van der Waals surface area contributed by atoms with E-state index >= 15 is 0 Å². The third kappa shape index (κ3) is 6.22. The van der Waals surface area contributed by atoms with Gasteiger partial charge < -0.3 is 10.1 Å². The lowest BCUT2D eigenvalue weighted by atomic mass is 10.1. The summed E-state index contributed by atoms with van der Waals surface area (Å²) < 4.78 is 31.1. The Bertz CT molecular complexity index is 940. The molecule has 2 rings (SSSR count). The summed E-state index contributed by atoms with van der Waals surface area (Å²) in [4.78, 5) is 12.3. The Hall–Kier alpha value is -2.54. The fourth-order valence-corrected chi connectivity index (χ4v) is 4.16. The molecular formula is C22H30N2O4S. The Morgan fingerprint density at radius 1 is 1.14 bits per heavy atom. The van der Waals surface area contributed by atoms with Crippen LogP contribution in [0.25, 0.3) is 0 Å². The van der Waals surface area contributed by atoms with E-state index in [1.165, 1.54) is 10.6 Å². The average Bonchev–Trinajstić information content (AvgIpc) is 2.67. The highest BCUT2D eigenvalue weighted by Gasteiger charge is 2.20. The van der Waals surface area contributed by atoms with E-state index in [0.717, 1.165) is 22.4 Å². The summed E-state index contributed by atoms with van der Waals surface area (Å²) in [5.41, 5.74) is 3.60. The van der Waals surface area contributed by atoms with Gasteiger partial charge >= 0.3 is 0 Å². The van der Waals surface area contributed by atoms with Crippen LogP contribution in [0.1, 0.15) is 42.5 Å². The summed E-state index contributed by atoms with van der Waals surface area (Å²) in [6.45, 7) is 6.03. The molecule has 0 aliphatic rings. The minimum Gasteiger partial charge on any atom is -0.497 e. The SMILES string of the molecule is COc1ccc(C(C)NC(=O)CCCN(c2cccc(C)c2C)S(C)(=O)=O)cc1. The van der Waals surface area contributed by atoms with Crippen molar-refractivity contribution in [1.29, 1.82) is 0 Å². The molecule has 0 saturated carbocycles. The second kappa shape index (κ2) is 9.78. The van der Waals surface area contributed by atoms with Gasteiger partial charge in [-0.1, -0.05) is 24.3 Å². The highest BCUT2D eigenvalue weighted by Crippen LogP contribution is 2.25. The highest BCUT2D eigenvalue weighted by molar-refractivity contribution is 7.92. The molecule has 0 aliphatic carbocycles. The maximum absolute atomic E-state index is 12.3. The smallest absolute Gasteiger partial charge is 0.232 e. The first-order valence-electron chi connectivity index (χ1n) is 9.60. The van der Waals surface area contributed by atoms with Crippen LogP contribution in [0.5, 0.6) is 5.75 Å². The van der Waals surface area contributed by atoms with Gasteiger partial charge in [-0.3, -0.25) is 9.10 Å². The largest absolute Gasteiger partial charge is 0.497 e. The molecule has 158 valence electrons. The molecule has 0 fully saturated rings. The first kappa shape index (κ1) is 22.7. The number of nitrogens with one attached hydrogen (secondary N) is 1. The second-order valence-corrected chi connectivity index (χ2v) is 9.13. The van der Waals surface area contributed by atoms with Gasteiger partial charge in [0.2, 0.25) is 15.9 Å². The summed E-state index contributed by atoms with van der Waals surface area (Å²) in [6.07, 6.45) is 1.87. The van der Waals surface area contributed by atoms with Crippen molar-refractivity contribution in [1.82, 2.24) is 5.32 Å². The standard InChI is InChI=1S/C22H30N2O4S/c1-16-8-6-9-21(17(16)2)24(29(5,26)27)15-7-10-22(25)23-18(3)19-11-13-20(28-4)14-12-19/h6,8-9,11-14,18H,7,10,15H2,1-5H3,(H,23,25). The van der Waals surface area contributed by atoms with Crippen molar-refractivity contribution in [2.45, 2.75) is 39.7 Å². The molecule has 7 heteroatoms. The number of methoxy groups -OCH3 is 1. The van der Waals surface area contributed by atoms with E-state index in [2.05, 4.69) is 5.32 Å². The van der Waals surface area contributed by atoms with Gasteiger partial charge in [-0.15, -0.1) is 0 Å². The Morgan fingerprint density at radius 3 is 2.38 bits per heavy atom. The molecule has 0 bridgehead atoms. The zero-order valence-corrected chi connectivity index (χ0v) is 18.5. The van der Waals surface area contributed by atoms with Crippen LogP contribution in [0.15, 0.2) is 42.5 Å². The van der Waals surface area contributed by atoms with E-state index in [-0.39, 0.29) is 24.9 Å². The van der Waals surface area contributed by atoms with Crippen LogP contribution in [0.3, 0.4) is 0 Å². The molecule has 2 aromatic carbocycles. The molecule has 29 heavy (non-hydrogen) atoms. The Balaban J connectivity index is 1.96. The molecular weight excluding hydrogens is 388 g/mol. The maximum Gasteiger partial charge on any atom is 0.232 e. The minimum absolute atomic E-state index is 0.109. The Labute approximate surface area is 173 Å². The summed E-state index contributed by atoms with van der Waals surface area (Å²) in [6, 6.07) is 13.0. The van der Waals surface area contributed by atoms with Crippen LogP contribution in [0, 0.1) is 13.8 Å².